The fourth-order valence-corrected chi connectivity index (χ4v) is 1.90. The van der Waals surface area contributed by atoms with Crippen molar-refractivity contribution in [3.05, 3.63) is 35.9 Å². The van der Waals surface area contributed by atoms with Crippen LogP contribution < -0.4 is 5.32 Å². The van der Waals surface area contributed by atoms with Gasteiger partial charge in [0.1, 0.15) is 6.10 Å². The van der Waals surface area contributed by atoms with E-state index in [0.717, 1.165) is 6.42 Å². The molecule has 0 unspecified atom stereocenters. The Morgan fingerprint density at radius 1 is 1.32 bits per heavy atom. The minimum atomic E-state index is -0.239. The molecule has 0 spiro atoms. The molecule has 1 rings (SSSR count). The third-order valence-electron chi connectivity index (χ3n) is 2.92. The second kappa shape index (κ2) is 8.67. The largest absolute Gasteiger partial charge is 0.461 e. The van der Waals surface area contributed by atoms with Crippen molar-refractivity contribution in [2.24, 2.45) is 0 Å². The van der Waals surface area contributed by atoms with Crippen molar-refractivity contribution in [1.29, 1.82) is 0 Å². The molecule has 0 saturated heterocycles. The molecule has 0 heterocycles. The maximum atomic E-state index is 11.0. The molecule has 4 heteroatoms. The van der Waals surface area contributed by atoms with Gasteiger partial charge in [0.2, 0.25) is 0 Å². The number of nitrogens with one attached hydrogen (secondary N) is 1. The van der Waals surface area contributed by atoms with E-state index in [1.54, 1.807) is 7.11 Å². The van der Waals surface area contributed by atoms with Crippen LogP contribution in [0.5, 0.6) is 0 Å². The highest BCUT2D eigenvalue weighted by Gasteiger charge is 2.15. The van der Waals surface area contributed by atoms with Crippen LogP contribution in [0.1, 0.15) is 31.9 Å². The number of methoxy groups -OCH3 is 1. The molecule has 19 heavy (non-hydrogen) atoms. The molecule has 0 aliphatic carbocycles. The molecular weight excluding hydrogens is 242 g/mol. The van der Waals surface area contributed by atoms with Gasteiger partial charge in [-0.3, -0.25) is 4.79 Å². The molecule has 1 N–H and O–H groups in total. The lowest BCUT2D eigenvalue weighted by molar-refractivity contribution is -0.146. The summed E-state index contributed by atoms with van der Waals surface area (Å²) in [5, 5.41) is 3.39. The van der Waals surface area contributed by atoms with Crippen LogP contribution in [0.2, 0.25) is 0 Å². The highest BCUT2D eigenvalue weighted by atomic mass is 16.5. The summed E-state index contributed by atoms with van der Waals surface area (Å²) in [4.78, 5) is 11.0. The monoisotopic (exact) mass is 265 g/mol. The topological polar surface area (TPSA) is 47.6 Å². The molecule has 2 atom stereocenters. The van der Waals surface area contributed by atoms with Crippen molar-refractivity contribution in [3.63, 3.8) is 0 Å². The molecule has 0 radical (unpaired) electrons. The van der Waals surface area contributed by atoms with Crippen molar-refractivity contribution < 1.29 is 14.3 Å². The Morgan fingerprint density at radius 3 is 2.53 bits per heavy atom. The summed E-state index contributed by atoms with van der Waals surface area (Å²) in [6.07, 6.45) is 0.696. The Morgan fingerprint density at radius 2 is 2.00 bits per heavy atom. The Balaban J connectivity index is 2.56. The number of rotatable bonds is 8. The van der Waals surface area contributed by atoms with E-state index < -0.39 is 0 Å². The van der Waals surface area contributed by atoms with Crippen molar-refractivity contribution in [2.45, 2.75) is 32.4 Å². The van der Waals surface area contributed by atoms with E-state index in [1.165, 1.54) is 12.5 Å². The molecule has 0 bridgehead atoms. The van der Waals surface area contributed by atoms with Gasteiger partial charge in [0.25, 0.3) is 0 Å². The van der Waals surface area contributed by atoms with Crippen molar-refractivity contribution >= 4 is 5.97 Å². The lowest BCUT2D eigenvalue weighted by Crippen LogP contribution is -2.34. The maximum Gasteiger partial charge on any atom is 0.302 e. The predicted molar refractivity (Wildman–Crippen MR) is 74.9 cm³/mol. The summed E-state index contributed by atoms with van der Waals surface area (Å²) in [6, 6.07) is 10.2. The first-order chi connectivity index (χ1) is 9.17. The van der Waals surface area contributed by atoms with E-state index in [4.69, 9.17) is 9.47 Å². The molecule has 0 amide bonds. The summed E-state index contributed by atoms with van der Waals surface area (Å²) in [7, 11) is 1.68. The Bertz CT molecular complexity index is 367. The van der Waals surface area contributed by atoms with E-state index >= 15 is 0 Å². The molecule has 0 fully saturated rings. The van der Waals surface area contributed by atoms with Crippen LogP contribution in [0.15, 0.2) is 30.3 Å². The number of hydrogen-bond acceptors (Lipinski definition) is 4. The number of esters is 1. The number of benzene rings is 1. The predicted octanol–water partition coefficient (Wildman–Crippen LogP) is 2.31. The molecule has 1 aromatic rings. The van der Waals surface area contributed by atoms with Crippen LogP contribution in [0, 0.1) is 0 Å². The number of ether oxygens (including phenoxy) is 2. The van der Waals surface area contributed by atoms with Crippen molar-refractivity contribution in [3.8, 4) is 0 Å². The Labute approximate surface area is 115 Å². The third kappa shape index (κ3) is 5.85. The molecule has 0 aliphatic heterocycles. The molecule has 0 aromatic heterocycles. The van der Waals surface area contributed by atoms with Crippen LogP contribution in [0.3, 0.4) is 0 Å². The van der Waals surface area contributed by atoms with E-state index in [-0.39, 0.29) is 18.1 Å². The van der Waals surface area contributed by atoms with Crippen molar-refractivity contribution in [2.75, 3.05) is 20.3 Å². The second-order valence-electron chi connectivity index (χ2n) is 4.47. The van der Waals surface area contributed by atoms with E-state index in [9.17, 15) is 4.79 Å². The van der Waals surface area contributed by atoms with E-state index in [1.807, 2.05) is 25.1 Å². The van der Waals surface area contributed by atoms with Crippen LogP contribution in [-0.2, 0) is 14.3 Å². The molecular formula is C15H23NO3. The van der Waals surface area contributed by atoms with Gasteiger partial charge < -0.3 is 14.8 Å². The summed E-state index contributed by atoms with van der Waals surface area (Å²) >= 11 is 0. The minimum Gasteiger partial charge on any atom is -0.461 e. The number of carbonyl (C=O) groups is 1. The van der Waals surface area contributed by atoms with Crippen LogP contribution in [0.4, 0.5) is 0 Å². The zero-order chi connectivity index (χ0) is 14.1. The van der Waals surface area contributed by atoms with Crippen LogP contribution in [-0.4, -0.2) is 32.3 Å². The first-order valence-electron chi connectivity index (χ1n) is 6.61. The van der Waals surface area contributed by atoms with Gasteiger partial charge in [-0.15, -0.1) is 0 Å². The molecule has 0 aliphatic rings. The van der Waals surface area contributed by atoms with Gasteiger partial charge in [-0.1, -0.05) is 37.3 Å². The van der Waals surface area contributed by atoms with Gasteiger partial charge in [-0.05, 0) is 12.0 Å². The number of carbonyl (C=O) groups excluding carboxylic acids is 1. The van der Waals surface area contributed by atoms with E-state index in [2.05, 4.69) is 17.4 Å². The lowest BCUT2D eigenvalue weighted by atomic mass is 10.1. The van der Waals surface area contributed by atoms with Gasteiger partial charge in [0, 0.05) is 20.6 Å². The fraction of sp³-hybridized carbons (Fsp3) is 0.533. The summed E-state index contributed by atoms with van der Waals surface area (Å²) in [5.41, 5.74) is 1.17. The first kappa shape index (κ1) is 15.7. The van der Waals surface area contributed by atoms with Crippen LogP contribution >= 0.6 is 0 Å². The maximum absolute atomic E-state index is 11.0. The SMILES string of the molecule is CC[C@@H](CN[C@@H](COC)c1ccccc1)OC(C)=O. The Kier molecular flexibility index (Phi) is 7.15. The van der Waals surface area contributed by atoms with Gasteiger partial charge in [0.15, 0.2) is 0 Å². The van der Waals surface area contributed by atoms with Crippen molar-refractivity contribution in [1.82, 2.24) is 5.32 Å². The smallest absolute Gasteiger partial charge is 0.302 e. The van der Waals surface area contributed by atoms with Gasteiger partial charge in [0.05, 0.1) is 12.6 Å². The van der Waals surface area contributed by atoms with Gasteiger partial charge in [-0.25, -0.2) is 0 Å². The molecule has 1 aromatic carbocycles. The number of hydrogen-bond donors (Lipinski definition) is 1. The minimum absolute atomic E-state index is 0.0967. The molecule has 106 valence electrons. The second-order valence-corrected chi connectivity index (χ2v) is 4.47. The quantitative estimate of drug-likeness (QED) is 0.733. The average molecular weight is 265 g/mol. The van der Waals surface area contributed by atoms with Crippen LogP contribution in [0.25, 0.3) is 0 Å². The first-order valence-corrected chi connectivity index (χ1v) is 6.61. The normalized spacial score (nSPS) is 13.8. The van der Waals surface area contributed by atoms with Gasteiger partial charge >= 0.3 is 5.97 Å². The summed E-state index contributed by atoms with van der Waals surface area (Å²) < 4.78 is 10.5. The molecule has 0 saturated carbocycles. The fourth-order valence-electron chi connectivity index (χ4n) is 1.90. The zero-order valence-corrected chi connectivity index (χ0v) is 11.9. The zero-order valence-electron chi connectivity index (χ0n) is 11.9. The standard InChI is InChI=1S/C15H23NO3/c1-4-14(19-12(2)17)10-16-15(11-18-3)13-8-6-5-7-9-13/h5-9,14-16H,4,10-11H2,1-3H3/t14-,15-/m0/s1. The summed E-state index contributed by atoms with van der Waals surface area (Å²) in [5.74, 6) is -0.239. The highest BCUT2D eigenvalue weighted by Crippen LogP contribution is 2.13. The Hall–Kier alpha value is -1.39. The van der Waals surface area contributed by atoms with Gasteiger partial charge in [-0.2, -0.15) is 0 Å². The average Bonchev–Trinajstić information content (AvgIpc) is 2.42. The highest BCUT2D eigenvalue weighted by molar-refractivity contribution is 5.66. The third-order valence-corrected chi connectivity index (χ3v) is 2.92. The lowest BCUT2D eigenvalue weighted by Gasteiger charge is -2.22. The van der Waals surface area contributed by atoms with E-state index in [0.29, 0.717) is 13.2 Å². The summed E-state index contributed by atoms with van der Waals surface area (Å²) in [6.45, 7) is 4.65. The molecule has 4 nitrogen and oxygen atoms in total.